The van der Waals surface area contributed by atoms with E-state index in [4.69, 9.17) is 5.11 Å². The van der Waals surface area contributed by atoms with E-state index in [1.54, 1.807) is 10.9 Å². The number of carbonyl (C=O) groups is 1. The molecule has 268 valence electrons. The number of rotatable bonds is 5. The number of aromatic carboxylic acids is 1. The summed E-state index contributed by atoms with van der Waals surface area (Å²) in [6, 6.07) is 20.4. The fraction of sp³-hybridized carbons (Fsp3) is 0.390. The van der Waals surface area contributed by atoms with E-state index in [-0.39, 0.29) is 39.2 Å². The molecule has 6 aromatic rings. The Morgan fingerprint density at radius 1 is 0.647 bits per heavy atom. The molecule has 0 saturated carbocycles. The molecule has 0 saturated heterocycles. The summed E-state index contributed by atoms with van der Waals surface area (Å²) in [4.78, 5) is 14.1. The molecular weight excluding hydrogens is 640 g/mol. The van der Waals surface area contributed by atoms with Crippen molar-refractivity contribution in [1.82, 2.24) is 30.0 Å². The highest BCUT2D eigenvalue weighted by Gasteiger charge is 2.27. The van der Waals surface area contributed by atoms with Gasteiger partial charge in [-0.2, -0.15) is 0 Å². The first-order chi connectivity index (χ1) is 23.7. The van der Waals surface area contributed by atoms with Crippen molar-refractivity contribution in [2.24, 2.45) is 0 Å². The lowest BCUT2D eigenvalue weighted by atomic mass is 9.80. The van der Waals surface area contributed by atoms with Crippen molar-refractivity contribution in [1.29, 1.82) is 0 Å². The van der Waals surface area contributed by atoms with Crippen LogP contribution in [0.2, 0.25) is 0 Å². The molecule has 0 aliphatic heterocycles. The molecule has 3 N–H and O–H groups in total. The zero-order valence-electron chi connectivity index (χ0n) is 31.6. The summed E-state index contributed by atoms with van der Waals surface area (Å²) in [6.45, 7) is 23.3. The Kier molecular flexibility index (Phi) is 9.77. The van der Waals surface area contributed by atoms with E-state index in [1.165, 1.54) is 22.5 Å². The maximum atomic E-state index is 11.2. The standard InChI is InChI=1S/C21H25N3O3.C20H25N3O/c1-20(2,3)13-10-14(21(4,5)6)18(25)17(11-13)24-22-15-8-7-12(19(26)27)9-16(15)23-24;1-6-13(2)15-11-14(20(3,4)5)12-18(19(15)24)23-21-16-9-7-8-10-17(16)22-23/h7-11,25H,1-6H3,(H,26,27);7-13,24H,6H2,1-5H3. The number of aromatic hydroxyl groups is 2. The van der Waals surface area contributed by atoms with Crippen molar-refractivity contribution in [2.45, 2.75) is 105 Å². The first-order valence-corrected chi connectivity index (χ1v) is 17.4. The Morgan fingerprint density at radius 3 is 1.59 bits per heavy atom. The zero-order chi connectivity index (χ0) is 37.6. The van der Waals surface area contributed by atoms with E-state index in [0.717, 1.165) is 34.1 Å². The van der Waals surface area contributed by atoms with Crippen molar-refractivity contribution in [3.05, 3.63) is 94.5 Å². The molecule has 2 heterocycles. The maximum Gasteiger partial charge on any atom is 0.335 e. The van der Waals surface area contributed by atoms with Gasteiger partial charge in [-0.1, -0.05) is 100 Å². The lowest BCUT2D eigenvalue weighted by Gasteiger charge is -2.27. The third-order valence-electron chi connectivity index (χ3n) is 9.24. The largest absolute Gasteiger partial charge is 0.505 e. The predicted molar refractivity (Wildman–Crippen MR) is 203 cm³/mol. The number of phenolic OH excluding ortho intramolecular Hbond substituents is 2. The summed E-state index contributed by atoms with van der Waals surface area (Å²) < 4.78 is 0. The molecule has 10 nitrogen and oxygen atoms in total. The Bertz CT molecular complexity index is 2190. The molecule has 1 atom stereocenters. The molecule has 10 heteroatoms. The minimum atomic E-state index is -1.01. The van der Waals surface area contributed by atoms with Gasteiger partial charge >= 0.3 is 5.97 Å². The molecule has 0 radical (unpaired) electrons. The number of hydrogen-bond donors (Lipinski definition) is 3. The molecule has 4 aromatic carbocycles. The summed E-state index contributed by atoms with van der Waals surface area (Å²) in [5, 5.41) is 48.9. The quantitative estimate of drug-likeness (QED) is 0.163. The highest BCUT2D eigenvalue weighted by Crippen LogP contribution is 2.40. The highest BCUT2D eigenvalue weighted by molar-refractivity contribution is 5.92. The van der Waals surface area contributed by atoms with Gasteiger partial charge in [0.2, 0.25) is 0 Å². The van der Waals surface area contributed by atoms with Crippen LogP contribution in [0.5, 0.6) is 11.5 Å². The van der Waals surface area contributed by atoms with Crippen LogP contribution in [0.15, 0.2) is 66.7 Å². The summed E-state index contributed by atoms with van der Waals surface area (Å²) in [7, 11) is 0. The fourth-order valence-electron chi connectivity index (χ4n) is 5.72. The SMILES string of the molecule is CC(C)(C)c1cc(-n2nc3ccc(C(=O)O)cc3n2)c(O)c(C(C)(C)C)c1.CCC(C)c1cc(C(C)(C)C)cc(-n2nc3ccccc3n2)c1O. The number of fused-ring (bicyclic) bond motifs is 2. The third-order valence-corrected chi connectivity index (χ3v) is 9.24. The molecule has 0 aliphatic carbocycles. The van der Waals surface area contributed by atoms with Gasteiger partial charge in [0, 0.05) is 5.56 Å². The van der Waals surface area contributed by atoms with Gasteiger partial charge in [-0.3, -0.25) is 0 Å². The van der Waals surface area contributed by atoms with Crippen molar-refractivity contribution in [3.63, 3.8) is 0 Å². The van der Waals surface area contributed by atoms with Crippen LogP contribution in [0.3, 0.4) is 0 Å². The number of benzene rings is 4. The van der Waals surface area contributed by atoms with E-state index in [2.05, 4.69) is 81.9 Å². The predicted octanol–water partition coefficient (Wildman–Crippen LogP) is 9.36. The molecule has 2 aromatic heterocycles. The van der Waals surface area contributed by atoms with Gasteiger partial charge in [-0.05, 0) is 87.7 Å². The zero-order valence-corrected chi connectivity index (χ0v) is 31.6. The molecule has 0 fully saturated rings. The topological polar surface area (TPSA) is 139 Å². The lowest BCUT2D eigenvalue weighted by Crippen LogP contribution is -2.18. The van der Waals surface area contributed by atoms with Crippen molar-refractivity contribution >= 4 is 28.0 Å². The van der Waals surface area contributed by atoms with E-state index in [1.807, 2.05) is 63.2 Å². The van der Waals surface area contributed by atoms with Crippen LogP contribution < -0.4 is 0 Å². The maximum absolute atomic E-state index is 11.2. The van der Waals surface area contributed by atoms with Gasteiger partial charge < -0.3 is 15.3 Å². The van der Waals surface area contributed by atoms with Crippen molar-refractivity contribution in [3.8, 4) is 22.9 Å². The van der Waals surface area contributed by atoms with Crippen LogP contribution >= 0.6 is 0 Å². The Hall–Kier alpha value is -5.25. The number of carboxylic acids is 1. The number of aromatic nitrogens is 6. The van der Waals surface area contributed by atoms with Crippen LogP contribution in [-0.2, 0) is 16.2 Å². The van der Waals surface area contributed by atoms with Crippen LogP contribution in [0.25, 0.3) is 33.4 Å². The van der Waals surface area contributed by atoms with Gasteiger partial charge in [-0.15, -0.1) is 30.0 Å². The minimum Gasteiger partial charge on any atom is -0.505 e. The summed E-state index contributed by atoms with van der Waals surface area (Å²) in [5.41, 5.74) is 7.58. The first-order valence-electron chi connectivity index (χ1n) is 17.4. The normalized spacial score (nSPS) is 12.9. The second-order valence-corrected chi connectivity index (χ2v) is 16.4. The summed E-state index contributed by atoms with van der Waals surface area (Å²) in [5.74, 6) is -0.331. The molecule has 6 rings (SSSR count). The third kappa shape index (κ3) is 7.75. The first kappa shape index (κ1) is 37.0. The van der Waals surface area contributed by atoms with Crippen LogP contribution in [0, 0.1) is 0 Å². The molecule has 0 bridgehead atoms. The number of phenols is 2. The van der Waals surface area contributed by atoms with Crippen LogP contribution in [0.1, 0.15) is 121 Å². The molecule has 1 unspecified atom stereocenters. The van der Waals surface area contributed by atoms with Gasteiger partial charge in [0.25, 0.3) is 0 Å². The fourth-order valence-corrected chi connectivity index (χ4v) is 5.72. The monoisotopic (exact) mass is 690 g/mol. The van der Waals surface area contributed by atoms with Gasteiger partial charge in [-0.25, -0.2) is 4.79 Å². The van der Waals surface area contributed by atoms with E-state index < -0.39 is 5.97 Å². The van der Waals surface area contributed by atoms with Crippen LogP contribution in [-0.4, -0.2) is 51.3 Å². The van der Waals surface area contributed by atoms with Crippen molar-refractivity contribution < 1.29 is 20.1 Å². The summed E-state index contributed by atoms with van der Waals surface area (Å²) in [6.07, 6.45) is 0.967. The van der Waals surface area contributed by atoms with E-state index in [0.29, 0.717) is 22.4 Å². The Morgan fingerprint density at radius 2 is 1.12 bits per heavy atom. The molecule has 51 heavy (non-hydrogen) atoms. The average Bonchev–Trinajstić information content (AvgIpc) is 3.67. The molecule has 0 spiro atoms. The Balaban J connectivity index is 0.000000199. The molecule has 0 aliphatic rings. The summed E-state index contributed by atoms with van der Waals surface area (Å²) >= 11 is 0. The molecular formula is C41H50N6O4. The van der Waals surface area contributed by atoms with Crippen molar-refractivity contribution in [2.75, 3.05) is 0 Å². The average molecular weight is 691 g/mol. The second-order valence-electron chi connectivity index (χ2n) is 16.4. The van der Waals surface area contributed by atoms with E-state index >= 15 is 0 Å². The number of nitrogens with zero attached hydrogens (tertiary/aromatic N) is 6. The lowest BCUT2D eigenvalue weighted by molar-refractivity contribution is 0.0697. The second kappa shape index (κ2) is 13.5. The van der Waals surface area contributed by atoms with E-state index in [9.17, 15) is 15.0 Å². The van der Waals surface area contributed by atoms with Gasteiger partial charge in [0.15, 0.2) is 0 Å². The number of hydrogen-bond acceptors (Lipinski definition) is 7. The minimum absolute atomic E-state index is 0.0166. The van der Waals surface area contributed by atoms with Gasteiger partial charge in [0.1, 0.15) is 44.9 Å². The Labute approximate surface area is 299 Å². The van der Waals surface area contributed by atoms with Crippen LogP contribution in [0.4, 0.5) is 0 Å². The van der Waals surface area contributed by atoms with Gasteiger partial charge in [0.05, 0.1) is 5.56 Å². The highest BCUT2D eigenvalue weighted by atomic mass is 16.4. The number of carboxylic acid groups (broad SMARTS) is 1. The molecule has 0 amide bonds. The smallest absolute Gasteiger partial charge is 0.335 e.